The van der Waals surface area contributed by atoms with E-state index in [1.54, 1.807) is 4.31 Å². The molecule has 2 unspecified atom stereocenters. The van der Waals surface area contributed by atoms with Crippen molar-refractivity contribution in [2.75, 3.05) is 25.4 Å². The fourth-order valence-electron chi connectivity index (χ4n) is 2.57. The lowest BCUT2D eigenvalue weighted by atomic mass is 9.90. The maximum Gasteiger partial charge on any atom is 0.216 e. The first-order valence-corrected chi connectivity index (χ1v) is 8.82. The van der Waals surface area contributed by atoms with E-state index in [-0.39, 0.29) is 24.5 Å². The average Bonchev–Trinajstić information content (AvgIpc) is 2.37. The molecule has 2 N–H and O–H groups in total. The van der Waals surface area contributed by atoms with E-state index in [0.29, 0.717) is 19.0 Å². The minimum atomic E-state index is -3.24. The summed E-state index contributed by atoms with van der Waals surface area (Å²) in [5.74, 6) is 0.658. The molecule has 6 heteroatoms. The van der Waals surface area contributed by atoms with Gasteiger partial charge in [-0.3, -0.25) is 0 Å². The van der Waals surface area contributed by atoms with Crippen LogP contribution in [-0.2, 0) is 14.8 Å². The van der Waals surface area contributed by atoms with Crippen LogP contribution in [0.1, 0.15) is 40.0 Å². The second kappa shape index (κ2) is 7.57. The molecule has 2 atom stereocenters. The number of hydrogen-bond donors (Lipinski definition) is 1. The molecule has 0 aromatic rings. The Morgan fingerprint density at radius 1 is 1.42 bits per heavy atom. The molecule has 19 heavy (non-hydrogen) atoms. The topological polar surface area (TPSA) is 72.6 Å². The first-order chi connectivity index (χ1) is 8.90. The Morgan fingerprint density at radius 2 is 2.11 bits per heavy atom. The van der Waals surface area contributed by atoms with Crippen LogP contribution in [0.4, 0.5) is 0 Å². The van der Waals surface area contributed by atoms with Crippen LogP contribution in [0.15, 0.2) is 0 Å². The van der Waals surface area contributed by atoms with Crippen LogP contribution in [0.3, 0.4) is 0 Å². The van der Waals surface area contributed by atoms with E-state index in [1.807, 2.05) is 13.8 Å². The largest absolute Gasteiger partial charge is 0.378 e. The molecule has 1 saturated heterocycles. The Balaban J connectivity index is 2.60. The Bertz CT molecular complexity index is 357. The molecule has 1 fully saturated rings. The van der Waals surface area contributed by atoms with Crippen LogP contribution in [0.5, 0.6) is 0 Å². The average molecular weight is 292 g/mol. The van der Waals surface area contributed by atoms with E-state index in [4.69, 9.17) is 10.5 Å². The SMILES string of the molecule is CCC1CCN(S(=O)(=O)CCOC(C)C)C(CN)C1. The second-order valence-corrected chi connectivity index (χ2v) is 7.58. The lowest BCUT2D eigenvalue weighted by Gasteiger charge is -2.37. The number of hydrogen-bond acceptors (Lipinski definition) is 4. The zero-order valence-electron chi connectivity index (χ0n) is 12.3. The standard InChI is InChI=1S/C13H28N2O3S/c1-4-12-5-6-15(13(9-12)10-14)19(16,17)8-7-18-11(2)3/h11-13H,4-10,14H2,1-3H3. The molecule has 0 aliphatic carbocycles. The normalized spacial score (nSPS) is 25.9. The maximum absolute atomic E-state index is 12.3. The van der Waals surface area contributed by atoms with Gasteiger partial charge in [-0.25, -0.2) is 8.42 Å². The van der Waals surface area contributed by atoms with E-state index in [9.17, 15) is 8.42 Å². The van der Waals surface area contributed by atoms with Crippen molar-refractivity contribution in [3.05, 3.63) is 0 Å². The van der Waals surface area contributed by atoms with Crippen molar-refractivity contribution >= 4 is 10.0 Å². The summed E-state index contributed by atoms with van der Waals surface area (Å²) in [5, 5.41) is 0. The highest BCUT2D eigenvalue weighted by molar-refractivity contribution is 7.89. The maximum atomic E-state index is 12.3. The van der Waals surface area contributed by atoms with E-state index in [0.717, 1.165) is 19.3 Å². The zero-order chi connectivity index (χ0) is 14.5. The second-order valence-electron chi connectivity index (χ2n) is 5.53. The van der Waals surface area contributed by atoms with Crippen molar-refractivity contribution < 1.29 is 13.2 Å². The van der Waals surface area contributed by atoms with Crippen molar-refractivity contribution in [2.45, 2.75) is 52.2 Å². The van der Waals surface area contributed by atoms with Gasteiger partial charge in [0.15, 0.2) is 0 Å². The summed E-state index contributed by atoms with van der Waals surface area (Å²) in [7, 11) is -3.24. The van der Waals surface area contributed by atoms with Crippen LogP contribution in [0.2, 0.25) is 0 Å². The third-order valence-electron chi connectivity index (χ3n) is 3.77. The van der Waals surface area contributed by atoms with Crippen LogP contribution in [-0.4, -0.2) is 50.3 Å². The van der Waals surface area contributed by atoms with Crippen LogP contribution in [0.25, 0.3) is 0 Å². The third kappa shape index (κ3) is 5.02. The van der Waals surface area contributed by atoms with Gasteiger partial charge in [-0.1, -0.05) is 13.3 Å². The third-order valence-corrected chi connectivity index (χ3v) is 5.65. The molecule has 0 aromatic heterocycles. The van der Waals surface area contributed by atoms with Gasteiger partial charge in [0.2, 0.25) is 10.0 Å². The lowest BCUT2D eigenvalue weighted by Crippen LogP contribution is -2.50. The summed E-state index contributed by atoms with van der Waals surface area (Å²) >= 11 is 0. The Kier molecular flexibility index (Phi) is 6.73. The number of nitrogens with two attached hydrogens (primary N) is 1. The molecular weight excluding hydrogens is 264 g/mol. The van der Waals surface area contributed by atoms with E-state index >= 15 is 0 Å². The fraction of sp³-hybridized carbons (Fsp3) is 1.00. The Hall–Kier alpha value is -0.170. The predicted molar refractivity (Wildman–Crippen MR) is 77.4 cm³/mol. The molecule has 1 aliphatic rings. The summed E-state index contributed by atoms with van der Waals surface area (Å²) in [6.45, 7) is 7.22. The van der Waals surface area contributed by atoms with Gasteiger partial charge in [0.25, 0.3) is 0 Å². The molecule has 1 rings (SSSR count). The predicted octanol–water partition coefficient (Wildman–Crippen LogP) is 1.19. The van der Waals surface area contributed by atoms with Gasteiger partial charge in [-0.15, -0.1) is 0 Å². The Labute approximate surface area is 117 Å². The number of ether oxygens (including phenoxy) is 1. The van der Waals surface area contributed by atoms with Gasteiger partial charge in [-0.05, 0) is 32.6 Å². The summed E-state index contributed by atoms with van der Waals surface area (Å²) in [5.41, 5.74) is 5.75. The quantitative estimate of drug-likeness (QED) is 0.765. The van der Waals surface area contributed by atoms with Gasteiger partial charge in [0.1, 0.15) is 0 Å². The van der Waals surface area contributed by atoms with Crippen LogP contribution < -0.4 is 5.73 Å². The number of rotatable bonds is 7. The molecule has 0 aromatic carbocycles. The highest BCUT2D eigenvalue weighted by Gasteiger charge is 2.34. The minimum Gasteiger partial charge on any atom is -0.378 e. The molecule has 0 bridgehead atoms. The smallest absolute Gasteiger partial charge is 0.216 e. The van der Waals surface area contributed by atoms with Crippen LogP contribution in [0, 0.1) is 5.92 Å². The summed E-state index contributed by atoms with van der Waals surface area (Å²) in [6.07, 6.45) is 2.99. The van der Waals surface area contributed by atoms with Gasteiger partial charge in [0.05, 0.1) is 18.5 Å². The van der Waals surface area contributed by atoms with E-state index < -0.39 is 10.0 Å². The molecule has 0 saturated carbocycles. The van der Waals surface area contributed by atoms with Gasteiger partial charge < -0.3 is 10.5 Å². The molecule has 0 radical (unpaired) electrons. The molecule has 1 aliphatic heterocycles. The van der Waals surface area contributed by atoms with Gasteiger partial charge in [-0.2, -0.15) is 4.31 Å². The van der Waals surface area contributed by atoms with Gasteiger partial charge >= 0.3 is 0 Å². The summed E-state index contributed by atoms with van der Waals surface area (Å²) in [6, 6.07) is -0.0391. The lowest BCUT2D eigenvalue weighted by molar-refractivity contribution is 0.0900. The van der Waals surface area contributed by atoms with E-state index in [1.165, 1.54) is 0 Å². The van der Waals surface area contributed by atoms with Crippen molar-refractivity contribution in [3.8, 4) is 0 Å². The molecule has 5 nitrogen and oxygen atoms in total. The highest BCUT2D eigenvalue weighted by Crippen LogP contribution is 2.27. The van der Waals surface area contributed by atoms with Crippen LogP contribution >= 0.6 is 0 Å². The molecular formula is C13H28N2O3S. The van der Waals surface area contributed by atoms with Gasteiger partial charge in [0, 0.05) is 19.1 Å². The van der Waals surface area contributed by atoms with E-state index in [2.05, 4.69) is 6.92 Å². The van der Waals surface area contributed by atoms with Crippen molar-refractivity contribution in [1.29, 1.82) is 0 Å². The Morgan fingerprint density at radius 3 is 2.63 bits per heavy atom. The first kappa shape index (κ1) is 16.9. The minimum absolute atomic E-state index is 0.0391. The molecule has 0 spiro atoms. The molecule has 114 valence electrons. The number of sulfonamides is 1. The van der Waals surface area contributed by atoms with Crippen molar-refractivity contribution in [3.63, 3.8) is 0 Å². The summed E-state index contributed by atoms with van der Waals surface area (Å²) in [4.78, 5) is 0. The number of nitrogens with zero attached hydrogens (tertiary/aromatic N) is 1. The first-order valence-electron chi connectivity index (χ1n) is 7.21. The van der Waals surface area contributed by atoms with Crippen molar-refractivity contribution in [1.82, 2.24) is 4.31 Å². The highest BCUT2D eigenvalue weighted by atomic mass is 32.2. The number of piperidine rings is 1. The molecule has 0 amide bonds. The monoisotopic (exact) mass is 292 g/mol. The summed E-state index contributed by atoms with van der Waals surface area (Å²) < 4.78 is 31.6. The van der Waals surface area contributed by atoms with Crippen molar-refractivity contribution in [2.24, 2.45) is 11.7 Å². The zero-order valence-corrected chi connectivity index (χ0v) is 13.2. The fourth-order valence-corrected chi connectivity index (χ4v) is 4.12. The molecule has 1 heterocycles.